The van der Waals surface area contributed by atoms with E-state index >= 15 is 0 Å². The van der Waals surface area contributed by atoms with Crippen LogP contribution in [0.5, 0.6) is 5.75 Å². The molecule has 7 nitrogen and oxygen atoms in total. The first-order valence-electron chi connectivity index (χ1n) is 6.64. The van der Waals surface area contributed by atoms with Crippen LogP contribution in [0, 0.1) is 17.0 Å². The summed E-state index contributed by atoms with van der Waals surface area (Å²) >= 11 is 1.37. The Morgan fingerprint density at radius 3 is 2.91 bits per heavy atom. The molecule has 0 aliphatic carbocycles. The van der Waals surface area contributed by atoms with Crippen molar-refractivity contribution < 1.29 is 14.5 Å². The van der Waals surface area contributed by atoms with Crippen molar-refractivity contribution in [3.05, 3.63) is 45.5 Å². The Hall–Kier alpha value is -2.48. The van der Waals surface area contributed by atoms with Crippen molar-refractivity contribution in [3.8, 4) is 5.75 Å². The number of benzene rings is 1. The first-order chi connectivity index (χ1) is 10.6. The normalized spacial score (nSPS) is 10.2. The van der Waals surface area contributed by atoms with Crippen molar-refractivity contribution in [3.63, 3.8) is 0 Å². The molecule has 2 aromatic rings. The minimum absolute atomic E-state index is 0.0785. The number of aryl methyl sites for hydroxylation is 1. The molecular formula is C14H15N3O4S. The molecule has 22 heavy (non-hydrogen) atoms. The van der Waals surface area contributed by atoms with Gasteiger partial charge in [0.05, 0.1) is 17.2 Å². The molecule has 1 N–H and O–H groups in total. The van der Waals surface area contributed by atoms with E-state index in [0.717, 1.165) is 5.69 Å². The van der Waals surface area contributed by atoms with Crippen LogP contribution < -0.4 is 10.1 Å². The minimum atomic E-state index is -0.493. The number of nitro benzene ring substituents is 1. The molecule has 1 amide bonds. The Balaban J connectivity index is 1.75. The van der Waals surface area contributed by atoms with Crippen molar-refractivity contribution in [1.29, 1.82) is 0 Å². The molecule has 0 atom stereocenters. The van der Waals surface area contributed by atoms with Crippen molar-refractivity contribution in [2.75, 3.05) is 11.9 Å². The summed E-state index contributed by atoms with van der Waals surface area (Å²) in [7, 11) is 0. The lowest BCUT2D eigenvalue weighted by Crippen LogP contribution is -2.12. The van der Waals surface area contributed by atoms with Gasteiger partial charge in [0, 0.05) is 17.9 Å². The van der Waals surface area contributed by atoms with Crippen LogP contribution in [0.15, 0.2) is 29.6 Å². The highest BCUT2D eigenvalue weighted by molar-refractivity contribution is 7.13. The monoisotopic (exact) mass is 321 g/mol. The molecule has 0 saturated carbocycles. The minimum Gasteiger partial charge on any atom is -0.487 e. The summed E-state index contributed by atoms with van der Waals surface area (Å²) < 4.78 is 5.37. The maximum atomic E-state index is 11.7. The molecule has 0 radical (unpaired) electrons. The van der Waals surface area contributed by atoms with E-state index in [2.05, 4.69) is 10.3 Å². The zero-order valence-electron chi connectivity index (χ0n) is 11.9. The van der Waals surface area contributed by atoms with E-state index in [0.29, 0.717) is 11.6 Å². The third-order valence-electron chi connectivity index (χ3n) is 2.73. The summed E-state index contributed by atoms with van der Waals surface area (Å²) in [6, 6.07) is 6.16. The van der Waals surface area contributed by atoms with Gasteiger partial charge in [-0.05, 0) is 19.4 Å². The van der Waals surface area contributed by atoms with Gasteiger partial charge in [-0.1, -0.05) is 12.1 Å². The predicted molar refractivity (Wildman–Crippen MR) is 83.3 cm³/mol. The van der Waals surface area contributed by atoms with Crippen LogP contribution >= 0.6 is 11.3 Å². The van der Waals surface area contributed by atoms with Crippen LogP contribution in [0.2, 0.25) is 0 Å². The van der Waals surface area contributed by atoms with Crippen LogP contribution in [-0.4, -0.2) is 22.4 Å². The number of thiazole rings is 1. The number of carbonyl (C=O) groups excluding carboxylic acids is 1. The quantitative estimate of drug-likeness (QED) is 0.480. The van der Waals surface area contributed by atoms with E-state index in [-0.39, 0.29) is 30.4 Å². The van der Waals surface area contributed by atoms with E-state index in [1.807, 2.05) is 12.3 Å². The molecule has 0 aliphatic heterocycles. The lowest BCUT2D eigenvalue weighted by molar-refractivity contribution is -0.385. The number of hydrogen-bond acceptors (Lipinski definition) is 6. The van der Waals surface area contributed by atoms with Gasteiger partial charge in [-0.3, -0.25) is 14.9 Å². The van der Waals surface area contributed by atoms with Crippen LogP contribution in [-0.2, 0) is 4.79 Å². The number of anilines is 1. The fourth-order valence-electron chi connectivity index (χ4n) is 1.74. The van der Waals surface area contributed by atoms with Gasteiger partial charge < -0.3 is 10.1 Å². The highest BCUT2D eigenvalue weighted by Crippen LogP contribution is 2.25. The fourth-order valence-corrected chi connectivity index (χ4v) is 2.44. The lowest BCUT2D eigenvalue weighted by atomic mass is 10.3. The van der Waals surface area contributed by atoms with Gasteiger partial charge in [-0.25, -0.2) is 4.98 Å². The Kier molecular flexibility index (Phi) is 5.42. The average Bonchev–Trinajstić information content (AvgIpc) is 2.89. The van der Waals surface area contributed by atoms with Crippen LogP contribution in [0.25, 0.3) is 0 Å². The second-order valence-electron chi connectivity index (χ2n) is 4.52. The zero-order chi connectivity index (χ0) is 15.9. The fraction of sp³-hybridized carbons (Fsp3) is 0.286. The molecule has 1 heterocycles. The third-order valence-corrected chi connectivity index (χ3v) is 3.61. The number of nitrogens with zero attached hydrogens (tertiary/aromatic N) is 2. The summed E-state index contributed by atoms with van der Waals surface area (Å²) in [6.07, 6.45) is 0.724. The highest BCUT2D eigenvalue weighted by atomic mass is 32.1. The molecule has 116 valence electrons. The third kappa shape index (κ3) is 4.52. The smallest absolute Gasteiger partial charge is 0.310 e. The number of nitrogens with one attached hydrogen (secondary N) is 1. The molecule has 8 heteroatoms. The molecule has 1 aromatic heterocycles. The molecule has 0 spiro atoms. The first kappa shape index (κ1) is 15.9. The van der Waals surface area contributed by atoms with Crippen molar-refractivity contribution >= 4 is 28.1 Å². The number of nitro groups is 1. The molecule has 2 rings (SSSR count). The molecule has 0 unspecified atom stereocenters. The standard InChI is InChI=1S/C14H15N3O4S/c1-10-9-22-14(15-10)16-13(18)7-4-8-21-12-6-3-2-5-11(12)17(19)20/h2-3,5-6,9H,4,7-8H2,1H3,(H,15,16,18). The van der Waals surface area contributed by atoms with Crippen molar-refractivity contribution in [2.24, 2.45) is 0 Å². The van der Waals surface area contributed by atoms with Gasteiger partial charge in [-0.2, -0.15) is 0 Å². The second-order valence-corrected chi connectivity index (χ2v) is 5.38. The Morgan fingerprint density at radius 2 is 2.23 bits per heavy atom. The number of para-hydroxylation sites is 2. The Morgan fingerprint density at radius 1 is 1.45 bits per heavy atom. The number of carbonyl (C=O) groups is 1. The number of ether oxygens (including phenoxy) is 1. The predicted octanol–water partition coefficient (Wildman–Crippen LogP) is 3.16. The largest absolute Gasteiger partial charge is 0.487 e. The molecule has 1 aromatic carbocycles. The van der Waals surface area contributed by atoms with Gasteiger partial charge in [0.15, 0.2) is 10.9 Å². The molecular weight excluding hydrogens is 306 g/mol. The summed E-state index contributed by atoms with van der Waals surface area (Å²) in [4.78, 5) is 26.2. The van der Waals surface area contributed by atoms with E-state index in [9.17, 15) is 14.9 Å². The highest BCUT2D eigenvalue weighted by Gasteiger charge is 2.13. The molecule has 0 aliphatic rings. The maximum Gasteiger partial charge on any atom is 0.310 e. The summed E-state index contributed by atoms with van der Waals surface area (Å²) in [5.41, 5.74) is 0.783. The van der Waals surface area contributed by atoms with Gasteiger partial charge in [0.2, 0.25) is 5.91 Å². The van der Waals surface area contributed by atoms with E-state index in [1.54, 1.807) is 12.1 Å². The Bertz CT molecular complexity index is 672. The summed E-state index contributed by atoms with van der Waals surface area (Å²) in [6.45, 7) is 2.09. The molecule has 0 bridgehead atoms. The number of amides is 1. The second kappa shape index (κ2) is 7.51. The molecule has 0 saturated heterocycles. The SMILES string of the molecule is Cc1csc(NC(=O)CCCOc2ccccc2[N+](=O)[O-])n1. The molecule has 0 fully saturated rings. The topological polar surface area (TPSA) is 94.4 Å². The van der Waals surface area contributed by atoms with Gasteiger partial charge in [0.1, 0.15) is 0 Å². The maximum absolute atomic E-state index is 11.7. The van der Waals surface area contributed by atoms with Crippen molar-refractivity contribution in [1.82, 2.24) is 4.98 Å². The van der Waals surface area contributed by atoms with E-state index < -0.39 is 4.92 Å². The number of rotatable bonds is 7. The summed E-state index contributed by atoms with van der Waals surface area (Å²) in [5.74, 6) is 0.0592. The zero-order valence-corrected chi connectivity index (χ0v) is 12.8. The lowest BCUT2D eigenvalue weighted by Gasteiger charge is -2.06. The van der Waals surface area contributed by atoms with Gasteiger partial charge >= 0.3 is 5.69 Å². The van der Waals surface area contributed by atoms with E-state index in [1.165, 1.54) is 23.5 Å². The Labute approximate surface area is 131 Å². The number of aromatic nitrogens is 1. The summed E-state index contributed by atoms with van der Waals surface area (Å²) in [5, 5.41) is 15.9. The average molecular weight is 321 g/mol. The van der Waals surface area contributed by atoms with Crippen molar-refractivity contribution in [2.45, 2.75) is 19.8 Å². The van der Waals surface area contributed by atoms with E-state index in [4.69, 9.17) is 4.74 Å². The van der Waals surface area contributed by atoms with Crippen LogP contribution in [0.1, 0.15) is 18.5 Å². The van der Waals surface area contributed by atoms with Crippen LogP contribution in [0.4, 0.5) is 10.8 Å². The first-order valence-corrected chi connectivity index (χ1v) is 7.52. The van der Waals surface area contributed by atoms with Gasteiger partial charge in [0.25, 0.3) is 0 Å². The van der Waals surface area contributed by atoms with Gasteiger partial charge in [-0.15, -0.1) is 11.3 Å². The number of hydrogen-bond donors (Lipinski definition) is 1. The van der Waals surface area contributed by atoms with Crippen LogP contribution in [0.3, 0.4) is 0 Å².